The fourth-order valence-corrected chi connectivity index (χ4v) is 3.22. The number of nitrogens with zero attached hydrogens (tertiary/aromatic N) is 1. The molecule has 1 amide bonds. The maximum atomic E-state index is 12.4. The Morgan fingerprint density at radius 3 is 2.58 bits per heavy atom. The van der Waals surface area contributed by atoms with Crippen LogP contribution in [-0.2, 0) is 9.59 Å². The summed E-state index contributed by atoms with van der Waals surface area (Å²) in [5, 5.41) is 9.51. The third-order valence-corrected chi connectivity index (χ3v) is 4.44. The van der Waals surface area contributed by atoms with Gasteiger partial charge in [-0.25, -0.2) is 0 Å². The predicted octanol–water partition coefficient (Wildman–Crippen LogP) is 2.59. The van der Waals surface area contributed by atoms with Crippen molar-refractivity contribution in [1.29, 1.82) is 0 Å². The number of carboxylic acid groups (broad SMARTS) is 1. The number of hydrogen-bond donors (Lipinski definition) is 1. The van der Waals surface area contributed by atoms with Crippen LogP contribution in [0.15, 0.2) is 11.6 Å². The van der Waals surface area contributed by atoms with E-state index in [4.69, 9.17) is 0 Å². The highest BCUT2D eigenvalue weighted by Crippen LogP contribution is 2.40. The topological polar surface area (TPSA) is 57.6 Å². The summed E-state index contributed by atoms with van der Waals surface area (Å²) in [5.41, 5.74) is 0.400. The third kappa shape index (κ3) is 3.17. The Bertz CT molecular complexity index is 394. The molecule has 106 valence electrons. The second-order valence-corrected chi connectivity index (χ2v) is 5.98. The average Bonchev–Trinajstić information content (AvgIpc) is 2.39. The highest BCUT2D eigenvalue weighted by Gasteiger charge is 2.42. The Kier molecular flexibility index (Phi) is 4.27. The van der Waals surface area contributed by atoms with Gasteiger partial charge in [0, 0.05) is 19.5 Å². The largest absolute Gasteiger partial charge is 0.481 e. The van der Waals surface area contributed by atoms with E-state index < -0.39 is 11.4 Å². The summed E-state index contributed by atoms with van der Waals surface area (Å²) in [6.07, 6.45) is 7.46. The van der Waals surface area contributed by atoms with E-state index in [1.165, 1.54) is 5.57 Å². The molecule has 1 aliphatic carbocycles. The van der Waals surface area contributed by atoms with Crippen molar-refractivity contribution in [2.24, 2.45) is 5.41 Å². The lowest BCUT2D eigenvalue weighted by molar-refractivity contribution is -0.156. The van der Waals surface area contributed by atoms with E-state index in [0.29, 0.717) is 19.4 Å². The maximum absolute atomic E-state index is 12.4. The van der Waals surface area contributed by atoms with Gasteiger partial charge in [0.2, 0.25) is 5.91 Å². The molecule has 2 aliphatic rings. The molecule has 4 heteroatoms. The molecule has 1 aliphatic heterocycles. The number of carbonyl (C=O) groups is 2. The Hall–Kier alpha value is -1.32. The number of hydrogen-bond acceptors (Lipinski definition) is 2. The summed E-state index contributed by atoms with van der Waals surface area (Å²) >= 11 is 0. The van der Waals surface area contributed by atoms with Gasteiger partial charge < -0.3 is 10.0 Å². The molecule has 4 nitrogen and oxygen atoms in total. The van der Waals surface area contributed by atoms with Crippen LogP contribution in [0.1, 0.15) is 51.9 Å². The summed E-state index contributed by atoms with van der Waals surface area (Å²) in [5.74, 6) is -0.776. The van der Waals surface area contributed by atoms with Gasteiger partial charge in [-0.2, -0.15) is 0 Å². The first kappa shape index (κ1) is 14.1. The number of rotatable bonds is 3. The van der Waals surface area contributed by atoms with Crippen LogP contribution in [0.5, 0.6) is 0 Å². The van der Waals surface area contributed by atoms with Gasteiger partial charge in [0.05, 0.1) is 5.41 Å². The van der Waals surface area contributed by atoms with Gasteiger partial charge in [0.15, 0.2) is 0 Å². The molecule has 1 fully saturated rings. The minimum Gasteiger partial charge on any atom is -0.481 e. The monoisotopic (exact) mass is 265 g/mol. The minimum absolute atomic E-state index is 0.0109. The van der Waals surface area contributed by atoms with Crippen molar-refractivity contribution in [2.45, 2.75) is 51.9 Å². The molecule has 0 radical (unpaired) electrons. The van der Waals surface area contributed by atoms with E-state index in [9.17, 15) is 14.7 Å². The smallest absolute Gasteiger partial charge is 0.310 e. The Labute approximate surface area is 114 Å². The first-order valence-electron chi connectivity index (χ1n) is 7.20. The van der Waals surface area contributed by atoms with Crippen molar-refractivity contribution in [3.8, 4) is 0 Å². The van der Waals surface area contributed by atoms with Gasteiger partial charge in [-0.3, -0.25) is 9.59 Å². The molecule has 0 aromatic rings. The molecule has 2 rings (SSSR count). The highest BCUT2D eigenvalue weighted by atomic mass is 16.4. The van der Waals surface area contributed by atoms with E-state index in [1.807, 2.05) is 11.8 Å². The molecule has 0 saturated heterocycles. The van der Waals surface area contributed by atoms with Crippen molar-refractivity contribution < 1.29 is 14.7 Å². The van der Waals surface area contributed by atoms with Gasteiger partial charge in [-0.15, -0.1) is 0 Å². The van der Waals surface area contributed by atoms with Crippen molar-refractivity contribution in [2.75, 3.05) is 13.1 Å². The molecule has 0 bridgehead atoms. The molecule has 0 aromatic heterocycles. The van der Waals surface area contributed by atoms with E-state index in [2.05, 4.69) is 6.08 Å². The molecule has 1 saturated carbocycles. The second-order valence-electron chi connectivity index (χ2n) is 5.98. The van der Waals surface area contributed by atoms with Gasteiger partial charge in [-0.1, -0.05) is 30.9 Å². The molecule has 0 atom stereocenters. The number of carbonyl (C=O) groups excluding carboxylic acids is 1. The van der Waals surface area contributed by atoms with Crippen LogP contribution in [0.2, 0.25) is 0 Å². The van der Waals surface area contributed by atoms with Crippen LogP contribution in [0, 0.1) is 5.41 Å². The van der Waals surface area contributed by atoms with Crippen molar-refractivity contribution in [1.82, 2.24) is 4.90 Å². The summed E-state index contributed by atoms with van der Waals surface area (Å²) in [7, 11) is 0. The molecule has 1 N–H and O–H groups in total. The van der Waals surface area contributed by atoms with Crippen molar-refractivity contribution >= 4 is 11.9 Å². The predicted molar refractivity (Wildman–Crippen MR) is 72.7 cm³/mol. The summed E-state index contributed by atoms with van der Waals surface area (Å²) in [6, 6.07) is 0. The molecule has 0 unspecified atom stereocenters. The average molecular weight is 265 g/mol. The van der Waals surface area contributed by atoms with Gasteiger partial charge in [0.25, 0.3) is 0 Å². The van der Waals surface area contributed by atoms with Crippen LogP contribution in [0.25, 0.3) is 0 Å². The van der Waals surface area contributed by atoms with Crippen LogP contribution >= 0.6 is 0 Å². The standard InChI is InChI=1S/C15H23NO3/c1-12-6-5-9-16(11-12)13(17)10-15(14(18)19)7-3-2-4-8-15/h6H,2-5,7-11H2,1H3,(H,18,19). The molecule has 0 spiro atoms. The van der Waals surface area contributed by atoms with E-state index in [1.54, 1.807) is 0 Å². The quantitative estimate of drug-likeness (QED) is 0.798. The lowest BCUT2D eigenvalue weighted by atomic mass is 9.71. The van der Waals surface area contributed by atoms with Crippen molar-refractivity contribution in [3.05, 3.63) is 11.6 Å². The lowest BCUT2D eigenvalue weighted by Gasteiger charge is -2.35. The molecule has 1 heterocycles. The normalized spacial score (nSPS) is 22.8. The summed E-state index contributed by atoms with van der Waals surface area (Å²) in [6.45, 7) is 3.41. The zero-order valence-corrected chi connectivity index (χ0v) is 11.7. The molecular weight excluding hydrogens is 242 g/mol. The van der Waals surface area contributed by atoms with Gasteiger partial charge in [-0.05, 0) is 26.2 Å². The number of aliphatic carboxylic acids is 1. The zero-order chi connectivity index (χ0) is 13.9. The first-order chi connectivity index (χ1) is 9.03. The summed E-state index contributed by atoms with van der Waals surface area (Å²) < 4.78 is 0. The van der Waals surface area contributed by atoms with Crippen LogP contribution < -0.4 is 0 Å². The fourth-order valence-electron chi connectivity index (χ4n) is 3.22. The number of carboxylic acids is 1. The highest BCUT2D eigenvalue weighted by molar-refractivity contribution is 5.85. The lowest BCUT2D eigenvalue weighted by Crippen LogP contribution is -2.42. The third-order valence-electron chi connectivity index (χ3n) is 4.44. The zero-order valence-electron chi connectivity index (χ0n) is 11.7. The second kappa shape index (κ2) is 5.76. The SMILES string of the molecule is CC1=CCCN(C(=O)CC2(C(=O)O)CCCCC2)C1. The molecule has 0 aromatic carbocycles. The maximum Gasteiger partial charge on any atom is 0.310 e. The Morgan fingerprint density at radius 1 is 1.32 bits per heavy atom. The van der Waals surface area contributed by atoms with Crippen LogP contribution in [0.4, 0.5) is 0 Å². The molecular formula is C15H23NO3. The van der Waals surface area contributed by atoms with Crippen LogP contribution in [-0.4, -0.2) is 35.0 Å². The fraction of sp³-hybridized carbons (Fsp3) is 0.733. The van der Waals surface area contributed by atoms with Gasteiger partial charge >= 0.3 is 5.97 Å². The first-order valence-corrected chi connectivity index (χ1v) is 7.20. The Morgan fingerprint density at radius 2 is 2.00 bits per heavy atom. The van der Waals surface area contributed by atoms with Crippen molar-refractivity contribution in [3.63, 3.8) is 0 Å². The van der Waals surface area contributed by atoms with E-state index >= 15 is 0 Å². The Balaban J connectivity index is 2.03. The minimum atomic E-state index is -0.801. The van der Waals surface area contributed by atoms with Crippen LogP contribution in [0.3, 0.4) is 0 Å². The van der Waals surface area contributed by atoms with E-state index in [0.717, 1.165) is 32.2 Å². The molecule has 19 heavy (non-hydrogen) atoms. The van der Waals surface area contributed by atoms with Gasteiger partial charge in [0.1, 0.15) is 0 Å². The number of amides is 1. The van der Waals surface area contributed by atoms with E-state index in [-0.39, 0.29) is 12.3 Å². The summed E-state index contributed by atoms with van der Waals surface area (Å²) in [4.78, 5) is 25.7.